The molecule has 0 aromatic carbocycles. The highest BCUT2D eigenvalue weighted by atomic mass is 32.1. The minimum Gasteiger partial charge on any atom is -0.502 e. The topological polar surface area (TPSA) is 20.2 Å². The highest BCUT2D eigenvalue weighted by molar-refractivity contribution is 7.80. The Morgan fingerprint density at radius 1 is 1.00 bits per heavy atom. The summed E-state index contributed by atoms with van der Waals surface area (Å²) in [5.41, 5.74) is 0. The van der Waals surface area contributed by atoms with E-state index in [1.54, 1.807) is 0 Å². The van der Waals surface area contributed by atoms with Crippen molar-refractivity contribution >= 4 is 17.3 Å². The molecular weight excluding hydrogens is 192 g/mol. The van der Waals surface area contributed by atoms with Crippen LogP contribution in [0.4, 0.5) is 0 Å². The number of thiocarbonyl (C=S) groups is 1. The van der Waals surface area contributed by atoms with E-state index in [1.807, 2.05) is 0 Å². The molecule has 14 heavy (non-hydrogen) atoms. The van der Waals surface area contributed by atoms with Crippen LogP contribution in [0.25, 0.3) is 0 Å². The molecule has 0 bridgehead atoms. The fourth-order valence-corrected chi connectivity index (χ4v) is 1.68. The average molecular weight is 216 g/mol. The monoisotopic (exact) mass is 216 g/mol. The van der Waals surface area contributed by atoms with E-state index >= 15 is 0 Å². The van der Waals surface area contributed by atoms with Gasteiger partial charge >= 0.3 is 0 Å². The van der Waals surface area contributed by atoms with Gasteiger partial charge in [0.15, 0.2) is 5.05 Å². The quantitative estimate of drug-likeness (QED) is 0.447. The summed E-state index contributed by atoms with van der Waals surface area (Å²) in [7, 11) is 0. The molecule has 0 fully saturated rings. The van der Waals surface area contributed by atoms with Crippen molar-refractivity contribution in [3.8, 4) is 0 Å². The van der Waals surface area contributed by atoms with Crippen molar-refractivity contribution in [3.05, 3.63) is 0 Å². The van der Waals surface area contributed by atoms with Crippen LogP contribution in [0.3, 0.4) is 0 Å². The molecule has 0 aromatic heterocycles. The third-order valence-electron chi connectivity index (χ3n) is 2.42. The number of aliphatic hydroxyl groups is 1. The number of hydrogen-bond donors (Lipinski definition) is 1. The van der Waals surface area contributed by atoms with Crippen LogP contribution in [-0.2, 0) is 0 Å². The molecule has 84 valence electrons. The normalized spacial score (nSPS) is 10.8. The second kappa shape index (κ2) is 9.45. The lowest BCUT2D eigenvalue weighted by molar-refractivity contribution is 0.506. The maximum absolute atomic E-state index is 8.79. The molecule has 0 saturated heterocycles. The molecule has 0 heterocycles. The maximum Gasteiger partial charge on any atom is 0.156 e. The van der Waals surface area contributed by atoms with Crippen molar-refractivity contribution in [1.29, 1.82) is 0 Å². The van der Waals surface area contributed by atoms with Crippen LogP contribution in [0, 0.1) is 5.92 Å². The average Bonchev–Trinajstić information content (AvgIpc) is 2.08. The lowest BCUT2D eigenvalue weighted by atomic mass is 10.0. The van der Waals surface area contributed by atoms with Crippen molar-refractivity contribution in [2.45, 2.75) is 65.2 Å². The van der Waals surface area contributed by atoms with Crippen LogP contribution in [0.1, 0.15) is 65.2 Å². The molecule has 1 N–H and O–H groups in total. The SMILES string of the molecule is CC(C)CCCCCCCCC(O)=S. The second-order valence-electron chi connectivity index (χ2n) is 4.45. The summed E-state index contributed by atoms with van der Waals surface area (Å²) >= 11 is 4.60. The number of aliphatic hydroxyl groups excluding tert-OH is 1. The van der Waals surface area contributed by atoms with Crippen molar-refractivity contribution in [2.24, 2.45) is 5.92 Å². The molecule has 0 aromatic rings. The molecule has 0 unspecified atom stereocenters. The highest BCUT2D eigenvalue weighted by Gasteiger charge is 1.95. The first-order valence-electron chi connectivity index (χ1n) is 5.84. The van der Waals surface area contributed by atoms with Gasteiger partial charge in [0.1, 0.15) is 0 Å². The van der Waals surface area contributed by atoms with E-state index in [0.717, 1.165) is 12.3 Å². The van der Waals surface area contributed by atoms with Crippen molar-refractivity contribution < 1.29 is 5.11 Å². The van der Waals surface area contributed by atoms with E-state index in [0.29, 0.717) is 6.42 Å². The van der Waals surface area contributed by atoms with Gasteiger partial charge in [-0.05, 0) is 24.6 Å². The zero-order valence-electron chi connectivity index (χ0n) is 9.59. The third-order valence-corrected chi connectivity index (χ3v) is 2.63. The zero-order valence-corrected chi connectivity index (χ0v) is 10.4. The van der Waals surface area contributed by atoms with Crippen LogP contribution in [0.2, 0.25) is 0 Å². The minimum absolute atomic E-state index is 0.171. The molecule has 0 radical (unpaired) electrons. The van der Waals surface area contributed by atoms with Gasteiger partial charge < -0.3 is 5.11 Å². The molecule has 2 heteroatoms. The van der Waals surface area contributed by atoms with Gasteiger partial charge in [-0.25, -0.2) is 0 Å². The van der Waals surface area contributed by atoms with Gasteiger partial charge in [0.05, 0.1) is 0 Å². The first kappa shape index (κ1) is 13.9. The molecule has 0 amide bonds. The van der Waals surface area contributed by atoms with E-state index in [2.05, 4.69) is 26.1 Å². The Morgan fingerprint density at radius 3 is 2.00 bits per heavy atom. The van der Waals surface area contributed by atoms with E-state index in [4.69, 9.17) is 5.11 Å². The number of unbranched alkanes of at least 4 members (excludes halogenated alkanes) is 5. The maximum atomic E-state index is 8.79. The van der Waals surface area contributed by atoms with Gasteiger partial charge in [-0.15, -0.1) is 0 Å². The van der Waals surface area contributed by atoms with Crippen LogP contribution in [0.5, 0.6) is 0 Å². The minimum atomic E-state index is 0.171. The molecule has 0 saturated carbocycles. The Balaban J connectivity index is 2.96. The Labute approximate surface area is 93.9 Å². The summed E-state index contributed by atoms with van der Waals surface area (Å²) in [5.74, 6) is 0.849. The smallest absolute Gasteiger partial charge is 0.156 e. The molecular formula is C12H24OS. The first-order valence-corrected chi connectivity index (χ1v) is 6.25. The summed E-state index contributed by atoms with van der Waals surface area (Å²) < 4.78 is 0. The largest absolute Gasteiger partial charge is 0.502 e. The lowest BCUT2D eigenvalue weighted by Crippen LogP contribution is -1.91. The second-order valence-corrected chi connectivity index (χ2v) is 4.92. The van der Waals surface area contributed by atoms with Gasteiger partial charge in [-0.3, -0.25) is 0 Å². The van der Waals surface area contributed by atoms with Crippen molar-refractivity contribution in [1.82, 2.24) is 0 Å². The lowest BCUT2D eigenvalue weighted by Gasteiger charge is -2.03. The van der Waals surface area contributed by atoms with Crippen LogP contribution >= 0.6 is 12.2 Å². The van der Waals surface area contributed by atoms with E-state index in [-0.39, 0.29) is 5.05 Å². The summed E-state index contributed by atoms with van der Waals surface area (Å²) in [4.78, 5) is 0. The first-order chi connectivity index (χ1) is 6.63. The Hall–Kier alpha value is -0.110. The predicted octanol–water partition coefficient (Wildman–Crippen LogP) is 4.65. The van der Waals surface area contributed by atoms with Crippen LogP contribution in [0.15, 0.2) is 0 Å². The number of rotatable bonds is 9. The molecule has 0 spiro atoms. The molecule has 0 rings (SSSR count). The zero-order chi connectivity index (χ0) is 10.8. The van der Waals surface area contributed by atoms with Crippen LogP contribution < -0.4 is 0 Å². The number of hydrogen-bond acceptors (Lipinski definition) is 1. The molecule has 0 aliphatic carbocycles. The Bertz CT molecular complexity index is 143. The third kappa shape index (κ3) is 11.9. The molecule has 0 aliphatic rings. The van der Waals surface area contributed by atoms with E-state index < -0.39 is 0 Å². The Kier molecular flexibility index (Phi) is 9.37. The fraction of sp³-hybridized carbons (Fsp3) is 0.917. The molecule has 0 atom stereocenters. The van der Waals surface area contributed by atoms with Gasteiger partial charge in [0.25, 0.3) is 0 Å². The summed E-state index contributed by atoms with van der Waals surface area (Å²) in [6, 6.07) is 0. The van der Waals surface area contributed by atoms with E-state index in [1.165, 1.54) is 38.5 Å². The summed E-state index contributed by atoms with van der Waals surface area (Å²) in [6.07, 6.45) is 9.70. The summed E-state index contributed by atoms with van der Waals surface area (Å²) in [5, 5.41) is 8.96. The predicted molar refractivity (Wildman–Crippen MR) is 67.0 cm³/mol. The van der Waals surface area contributed by atoms with Gasteiger partial charge in [-0.1, -0.05) is 52.4 Å². The van der Waals surface area contributed by atoms with E-state index in [9.17, 15) is 0 Å². The highest BCUT2D eigenvalue weighted by Crippen LogP contribution is 2.11. The molecule has 0 aliphatic heterocycles. The van der Waals surface area contributed by atoms with Gasteiger partial charge in [0, 0.05) is 6.42 Å². The van der Waals surface area contributed by atoms with Crippen molar-refractivity contribution in [3.63, 3.8) is 0 Å². The van der Waals surface area contributed by atoms with Crippen molar-refractivity contribution in [2.75, 3.05) is 0 Å². The van der Waals surface area contributed by atoms with Gasteiger partial charge in [-0.2, -0.15) is 0 Å². The molecule has 1 nitrogen and oxygen atoms in total. The Morgan fingerprint density at radius 2 is 1.50 bits per heavy atom. The fourth-order valence-electron chi connectivity index (χ4n) is 1.54. The summed E-state index contributed by atoms with van der Waals surface area (Å²) in [6.45, 7) is 4.56. The standard InChI is InChI=1S/C12H24OS/c1-11(2)9-7-5-3-4-6-8-10-12(13)14/h11H,3-10H2,1-2H3,(H,13,14). The van der Waals surface area contributed by atoms with Crippen LogP contribution in [-0.4, -0.2) is 10.2 Å². The van der Waals surface area contributed by atoms with Gasteiger partial charge in [0.2, 0.25) is 0 Å².